The van der Waals surface area contributed by atoms with Gasteiger partial charge in [-0.3, -0.25) is 0 Å². The second-order valence-electron chi connectivity index (χ2n) is 3.67. The standard InChI is InChI=1S/C7H16FNO/c1-6(2,5-10-9)7(3,4)8/h5,9H2,1-4H3. The van der Waals surface area contributed by atoms with Gasteiger partial charge in [0.25, 0.3) is 0 Å². The van der Waals surface area contributed by atoms with Gasteiger partial charge >= 0.3 is 0 Å². The third-order valence-corrected chi connectivity index (χ3v) is 2.05. The van der Waals surface area contributed by atoms with Crippen LogP contribution in [0.2, 0.25) is 0 Å². The Morgan fingerprint density at radius 3 is 1.80 bits per heavy atom. The molecule has 0 rings (SSSR count). The predicted octanol–water partition coefficient (Wildman–Crippen LogP) is 1.65. The van der Waals surface area contributed by atoms with Crippen molar-refractivity contribution in [3.63, 3.8) is 0 Å². The van der Waals surface area contributed by atoms with Gasteiger partial charge in [-0.1, -0.05) is 13.8 Å². The summed E-state index contributed by atoms with van der Waals surface area (Å²) in [6, 6.07) is 0. The predicted molar refractivity (Wildman–Crippen MR) is 39.1 cm³/mol. The minimum Gasteiger partial charge on any atom is -0.304 e. The Morgan fingerprint density at radius 2 is 1.70 bits per heavy atom. The van der Waals surface area contributed by atoms with Crippen LogP contribution in [-0.2, 0) is 4.84 Å². The lowest BCUT2D eigenvalue weighted by atomic mass is 9.79. The molecule has 2 N–H and O–H groups in total. The van der Waals surface area contributed by atoms with Gasteiger partial charge in [-0.25, -0.2) is 10.3 Å². The van der Waals surface area contributed by atoms with Crippen molar-refractivity contribution in [1.82, 2.24) is 0 Å². The van der Waals surface area contributed by atoms with Crippen molar-refractivity contribution in [2.24, 2.45) is 11.3 Å². The zero-order valence-electron chi connectivity index (χ0n) is 7.07. The van der Waals surface area contributed by atoms with Crippen LogP contribution in [-0.4, -0.2) is 12.3 Å². The molecule has 0 aliphatic heterocycles. The van der Waals surface area contributed by atoms with E-state index in [-0.39, 0.29) is 6.61 Å². The molecular weight excluding hydrogens is 133 g/mol. The summed E-state index contributed by atoms with van der Waals surface area (Å²) in [6.07, 6.45) is 0. The zero-order valence-corrected chi connectivity index (χ0v) is 7.07. The lowest BCUT2D eigenvalue weighted by Gasteiger charge is -2.33. The van der Waals surface area contributed by atoms with Crippen LogP contribution in [0.5, 0.6) is 0 Å². The Balaban J connectivity index is 4.10. The van der Waals surface area contributed by atoms with Gasteiger partial charge in [0.1, 0.15) is 5.67 Å². The molecule has 0 aromatic carbocycles. The Morgan fingerprint density at radius 1 is 1.30 bits per heavy atom. The molecule has 0 unspecified atom stereocenters. The van der Waals surface area contributed by atoms with Crippen LogP contribution >= 0.6 is 0 Å². The molecule has 10 heavy (non-hydrogen) atoms. The van der Waals surface area contributed by atoms with E-state index in [1.165, 1.54) is 13.8 Å². The van der Waals surface area contributed by atoms with E-state index in [0.717, 1.165) is 0 Å². The van der Waals surface area contributed by atoms with Crippen LogP contribution in [0.3, 0.4) is 0 Å². The zero-order chi connectivity index (χ0) is 8.41. The first-order chi connectivity index (χ1) is 4.31. The second-order valence-corrected chi connectivity index (χ2v) is 3.67. The summed E-state index contributed by atoms with van der Waals surface area (Å²) in [5, 5.41) is 0. The molecule has 0 aliphatic carbocycles. The topological polar surface area (TPSA) is 35.2 Å². The Hall–Kier alpha value is -0.150. The Labute approximate surface area is 61.5 Å². The van der Waals surface area contributed by atoms with Crippen LogP contribution in [0.15, 0.2) is 0 Å². The van der Waals surface area contributed by atoms with Crippen molar-refractivity contribution < 1.29 is 9.23 Å². The van der Waals surface area contributed by atoms with E-state index in [4.69, 9.17) is 5.90 Å². The van der Waals surface area contributed by atoms with Crippen molar-refractivity contribution in [2.75, 3.05) is 6.61 Å². The number of halogens is 1. The number of rotatable bonds is 3. The summed E-state index contributed by atoms with van der Waals surface area (Å²) >= 11 is 0. The minimum atomic E-state index is -1.26. The third kappa shape index (κ3) is 2.23. The highest BCUT2D eigenvalue weighted by Gasteiger charge is 2.37. The molecule has 3 heteroatoms. The van der Waals surface area contributed by atoms with Crippen LogP contribution in [0, 0.1) is 5.41 Å². The Bertz CT molecular complexity index is 107. The first-order valence-corrected chi connectivity index (χ1v) is 3.32. The van der Waals surface area contributed by atoms with Gasteiger partial charge < -0.3 is 4.84 Å². The third-order valence-electron chi connectivity index (χ3n) is 2.05. The average Bonchev–Trinajstić information content (AvgIpc) is 1.61. The number of nitrogens with two attached hydrogens (primary N) is 1. The molecule has 0 atom stereocenters. The summed E-state index contributed by atoms with van der Waals surface area (Å²) in [4.78, 5) is 4.39. The highest BCUT2D eigenvalue weighted by molar-refractivity contribution is 4.85. The van der Waals surface area contributed by atoms with Crippen molar-refractivity contribution >= 4 is 0 Å². The maximum Gasteiger partial charge on any atom is 0.112 e. The molecule has 2 nitrogen and oxygen atoms in total. The summed E-state index contributed by atoms with van der Waals surface area (Å²) in [5.41, 5.74) is -1.78. The fourth-order valence-electron chi connectivity index (χ4n) is 0.380. The molecular formula is C7H16FNO. The first-order valence-electron chi connectivity index (χ1n) is 3.32. The number of hydrogen-bond donors (Lipinski definition) is 1. The summed E-state index contributed by atoms with van der Waals surface area (Å²) in [5.74, 6) is 4.84. The van der Waals surface area contributed by atoms with Crippen LogP contribution in [0.4, 0.5) is 4.39 Å². The fraction of sp³-hybridized carbons (Fsp3) is 1.00. The maximum atomic E-state index is 13.2. The van der Waals surface area contributed by atoms with Gasteiger partial charge in [-0.05, 0) is 13.8 Å². The van der Waals surface area contributed by atoms with E-state index in [1.807, 2.05) is 0 Å². The summed E-state index contributed by atoms with van der Waals surface area (Å²) in [6.45, 7) is 6.83. The molecule has 62 valence electrons. The molecule has 0 amide bonds. The van der Waals surface area contributed by atoms with Crippen molar-refractivity contribution in [2.45, 2.75) is 33.4 Å². The Kier molecular flexibility index (Phi) is 2.80. The molecule has 0 saturated heterocycles. The van der Waals surface area contributed by atoms with Crippen molar-refractivity contribution in [1.29, 1.82) is 0 Å². The minimum absolute atomic E-state index is 0.233. The second kappa shape index (κ2) is 2.84. The summed E-state index contributed by atoms with van der Waals surface area (Å²) in [7, 11) is 0. The van der Waals surface area contributed by atoms with E-state index >= 15 is 0 Å². The van der Waals surface area contributed by atoms with Crippen molar-refractivity contribution in [3.8, 4) is 0 Å². The van der Waals surface area contributed by atoms with Gasteiger partial charge in [0, 0.05) is 5.41 Å². The van der Waals surface area contributed by atoms with E-state index in [2.05, 4.69) is 4.84 Å². The van der Waals surface area contributed by atoms with Gasteiger partial charge in [0.15, 0.2) is 0 Å². The molecule has 0 aliphatic rings. The normalized spacial score (nSPS) is 13.8. The van der Waals surface area contributed by atoms with Crippen molar-refractivity contribution in [3.05, 3.63) is 0 Å². The maximum absolute atomic E-state index is 13.2. The van der Waals surface area contributed by atoms with E-state index in [1.54, 1.807) is 13.8 Å². The molecule has 0 aromatic heterocycles. The highest BCUT2D eigenvalue weighted by atomic mass is 19.1. The molecule has 0 aromatic rings. The first kappa shape index (κ1) is 9.85. The molecule has 0 heterocycles. The summed E-state index contributed by atoms with van der Waals surface area (Å²) < 4.78 is 13.2. The number of alkyl halides is 1. The quantitative estimate of drug-likeness (QED) is 0.619. The molecule has 0 spiro atoms. The smallest absolute Gasteiger partial charge is 0.112 e. The largest absolute Gasteiger partial charge is 0.304 e. The van der Waals surface area contributed by atoms with Crippen LogP contribution < -0.4 is 5.90 Å². The van der Waals surface area contributed by atoms with Gasteiger partial charge in [0.05, 0.1) is 6.61 Å². The fourth-order valence-corrected chi connectivity index (χ4v) is 0.380. The molecule has 0 fully saturated rings. The lowest BCUT2D eigenvalue weighted by Crippen LogP contribution is -2.39. The average molecular weight is 149 g/mol. The van der Waals surface area contributed by atoms with Gasteiger partial charge in [-0.2, -0.15) is 0 Å². The highest BCUT2D eigenvalue weighted by Crippen LogP contribution is 2.33. The SMILES string of the molecule is CC(C)(F)C(C)(C)CON. The van der Waals surface area contributed by atoms with Crippen LogP contribution in [0.1, 0.15) is 27.7 Å². The van der Waals surface area contributed by atoms with E-state index in [9.17, 15) is 4.39 Å². The van der Waals surface area contributed by atoms with Crippen LogP contribution in [0.25, 0.3) is 0 Å². The monoisotopic (exact) mass is 149 g/mol. The van der Waals surface area contributed by atoms with E-state index < -0.39 is 11.1 Å². The van der Waals surface area contributed by atoms with Gasteiger partial charge in [-0.15, -0.1) is 0 Å². The van der Waals surface area contributed by atoms with E-state index in [0.29, 0.717) is 0 Å². The number of hydrogen-bond acceptors (Lipinski definition) is 2. The van der Waals surface area contributed by atoms with Gasteiger partial charge in [0.2, 0.25) is 0 Å². The molecule has 0 bridgehead atoms. The molecule has 0 saturated carbocycles. The molecule has 0 radical (unpaired) electrons. The lowest BCUT2D eigenvalue weighted by molar-refractivity contribution is -0.0299.